The number of nitrogens with one attached hydrogen (secondary N) is 2. The van der Waals surface area contributed by atoms with Crippen molar-refractivity contribution in [3.8, 4) is 0 Å². The van der Waals surface area contributed by atoms with Crippen molar-refractivity contribution < 1.29 is 153 Å². The van der Waals surface area contributed by atoms with Gasteiger partial charge >= 0.3 is 65.7 Å². The van der Waals surface area contributed by atoms with Gasteiger partial charge in [0.25, 0.3) is 0 Å². The molecule has 0 bridgehead atoms. The van der Waals surface area contributed by atoms with Crippen molar-refractivity contribution in [3.63, 3.8) is 0 Å². The van der Waals surface area contributed by atoms with Gasteiger partial charge in [-0.15, -0.1) is 0 Å². The molecule has 2 amide bonds. The molecule has 4 fully saturated rings. The van der Waals surface area contributed by atoms with Crippen LogP contribution in [-0.4, -0.2) is 232 Å². The van der Waals surface area contributed by atoms with E-state index in [0.29, 0.717) is 0 Å². The number of hydrogen-bond donors (Lipinski definition) is 3. The number of esters is 11. The summed E-state index contributed by atoms with van der Waals surface area (Å²) in [4.78, 5) is 165. The topological polar surface area (TPSA) is 432 Å². The molecule has 0 aromatic heterocycles. The molecule has 4 heterocycles. The second-order valence-corrected chi connectivity index (χ2v) is 19.2. The first-order valence-electron chi connectivity index (χ1n) is 25.8. The molecule has 4 aliphatic heterocycles. The Morgan fingerprint density at radius 3 is 0.893 bits per heavy atom. The Balaban J connectivity index is 1.97. The van der Waals surface area contributed by atoms with Gasteiger partial charge in [0.2, 0.25) is 11.8 Å². The Kier molecular flexibility index (Phi) is 26.1. The second-order valence-electron chi connectivity index (χ2n) is 19.2. The predicted molar refractivity (Wildman–Crippen MR) is 262 cm³/mol. The normalized spacial score (nSPS) is 32.7. The molecule has 20 atom stereocenters. The van der Waals surface area contributed by atoms with Crippen molar-refractivity contribution >= 4 is 77.5 Å². The van der Waals surface area contributed by atoms with Gasteiger partial charge in [-0.1, -0.05) is 0 Å². The van der Waals surface area contributed by atoms with Crippen LogP contribution in [0.25, 0.3) is 0 Å². The van der Waals surface area contributed by atoms with Crippen molar-refractivity contribution in [1.82, 2.24) is 10.6 Å². The van der Waals surface area contributed by atoms with Gasteiger partial charge in [0.1, 0.15) is 81.2 Å². The molecule has 0 aromatic carbocycles. The summed E-state index contributed by atoms with van der Waals surface area (Å²) in [6.07, 6.45) is -34.0. The van der Waals surface area contributed by atoms with Crippen molar-refractivity contribution in [2.45, 2.75) is 213 Å². The van der Waals surface area contributed by atoms with Crippen LogP contribution in [0.1, 0.15) is 90.0 Å². The number of hydrogen-bond acceptors (Lipinski definition) is 32. The molecule has 0 spiro atoms. The Morgan fingerprint density at radius 1 is 0.298 bits per heavy atom. The van der Waals surface area contributed by atoms with Gasteiger partial charge in [0.05, 0.1) is 0 Å². The largest absolute Gasteiger partial charge is 0.463 e. The third-order valence-corrected chi connectivity index (χ3v) is 12.0. The van der Waals surface area contributed by atoms with Crippen LogP contribution >= 0.6 is 0 Å². The minimum Gasteiger partial charge on any atom is -0.463 e. The molecule has 4 rings (SSSR count). The highest BCUT2D eigenvalue weighted by Crippen LogP contribution is 2.39. The lowest BCUT2D eigenvalue weighted by Crippen LogP contribution is -2.71. The maximum Gasteiger partial charge on any atom is 0.303 e. The van der Waals surface area contributed by atoms with E-state index in [9.17, 15) is 67.4 Å². The summed E-state index contributed by atoms with van der Waals surface area (Å²) in [5.41, 5.74) is 0. The summed E-state index contributed by atoms with van der Waals surface area (Å²) in [7, 11) is 0. The van der Waals surface area contributed by atoms with Gasteiger partial charge in [0.15, 0.2) is 67.9 Å². The zero-order valence-corrected chi connectivity index (χ0v) is 48.0. The maximum atomic E-state index is 13.3. The van der Waals surface area contributed by atoms with Crippen LogP contribution in [0.3, 0.4) is 0 Å². The van der Waals surface area contributed by atoms with E-state index in [4.69, 9.17) is 85.3 Å². The highest BCUT2D eigenvalue weighted by atomic mass is 16.8. The van der Waals surface area contributed by atoms with E-state index >= 15 is 0 Å². The van der Waals surface area contributed by atoms with Crippen molar-refractivity contribution in [2.75, 3.05) is 26.4 Å². The highest BCUT2D eigenvalue weighted by Gasteiger charge is 2.61. The third-order valence-electron chi connectivity index (χ3n) is 12.0. The molecule has 84 heavy (non-hydrogen) atoms. The quantitative estimate of drug-likeness (QED) is 0.0670. The number of carbonyl (C=O) groups excluding carboxylic acids is 13. The van der Waals surface area contributed by atoms with E-state index < -0.39 is 227 Å². The number of amides is 2. The summed E-state index contributed by atoms with van der Waals surface area (Å²) in [6, 6.07) is -3.43. The number of ether oxygens (including phenoxy) is 18. The van der Waals surface area contributed by atoms with E-state index in [0.717, 1.165) is 90.0 Å². The molecule has 0 aromatic rings. The van der Waals surface area contributed by atoms with Crippen molar-refractivity contribution in [1.29, 1.82) is 0 Å². The van der Waals surface area contributed by atoms with Gasteiger partial charge in [-0.25, -0.2) is 0 Å². The van der Waals surface area contributed by atoms with Crippen LogP contribution in [0.15, 0.2) is 0 Å². The summed E-state index contributed by atoms with van der Waals surface area (Å²) in [5.74, 6) is -12.7. The van der Waals surface area contributed by atoms with Gasteiger partial charge in [-0.3, -0.25) is 62.3 Å². The molecule has 34 nitrogen and oxygen atoms in total. The number of rotatable bonds is 23. The Labute approximate surface area is 479 Å². The first-order valence-corrected chi connectivity index (χ1v) is 25.8. The predicted octanol–water partition coefficient (Wildman–Crippen LogP) is -3.18. The fourth-order valence-electron chi connectivity index (χ4n) is 9.27. The van der Waals surface area contributed by atoms with Crippen LogP contribution in [0.4, 0.5) is 0 Å². The van der Waals surface area contributed by atoms with Crippen LogP contribution in [-0.2, 0) is 148 Å². The van der Waals surface area contributed by atoms with Crippen molar-refractivity contribution in [2.24, 2.45) is 0 Å². The monoisotopic (exact) mass is 1210 g/mol. The lowest BCUT2D eigenvalue weighted by molar-refractivity contribution is -0.379. The number of aliphatic hydroxyl groups excluding tert-OH is 1. The molecule has 0 saturated carbocycles. The van der Waals surface area contributed by atoms with Gasteiger partial charge in [-0.2, -0.15) is 0 Å². The average Bonchev–Trinajstić information content (AvgIpc) is 3.00. The van der Waals surface area contributed by atoms with E-state index in [1.54, 1.807) is 0 Å². The van der Waals surface area contributed by atoms with Gasteiger partial charge in [-0.05, 0) is 0 Å². The van der Waals surface area contributed by atoms with Crippen LogP contribution in [0.5, 0.6) is 0 Å². The minimum absolute atomic E-state index is 0.720. The summed E-state index contributed by atoms with van der Waals surface area (Å²) in [5, 5.41) is 16.0. The van der Waals surface area contributed by atoms with Crippen LogP contribution < -0.4 is 10.6 Å². The van der Waals surface area contributed by atoms with Crippen molar-refractivity contribution in [3.05, 3.63) is 0 Å². The molecule has 1 unspecified atom stereocenters. The lowest BCUT2D eigenvalue weighted by atomic mass is 9.93. The van der Waals surface area contributed by atoms with Gasteiger partial charge < -0.3 is 101 Å². The lowest BCUT2D eigenvalue weighted by Gasteiger charge is -2.51. The SMILES string of the molecule is CC(=O)N[C@@H]1[C@H](O[C@H]2[C@@H](OC(C)=O)[C@H](NC(C)=O)C(O)O[C@@H]2COC(C)=O)O[C@H](COC(C)=O)[C@@H](O[C@H]2O[C@H](COC(C)=O)[C@@H](O[C@H]3O[C@@H](COC(C)=O)[C@@H](OC(C)=O)[C@H](OC(C)=O)[C@H]3OC(C)=O)[C@@H](OC(C)=O)[C@H]2OC(C)=O)[C@H]1OC(C)=O. The number of carbonyl (C=O) groups is 13. The molecule has 4 saturated heterocycles. The van der Waals surface area contributed by atoms with E-state index in [1.807, 2.05) is 0 Å². The molecule has 0 radical (unpaired) electrons. The second kappa shape index (κ2) is 31.6. The fourth-order valence-corrected chi connectivity index (χ4v) is 9.27. The Hall–Kier alpha value is -7.21. The Morgan fingerprint density at radius 2 is 0.548 bits per heavy atom. The first kappa shape index (κ1) is 69.3. The summed E-state index contributed by atoms with van der Waals surface area (Å²) >= 11 is 0. The maximum absolute atomic E-state index is 13.3. The smallest absolute Gasteiger partial charge is 0.303 e. The molecular weight excluding hydrogens is 1140 g/mol. The number of aliphatic hydroxyl groups is 1. The molecule has 0 aliphatic carbocycles. The van der Waals surface area contributed by atoms with E-state index in [2.05, 4.69) is 10.6 Å². The Bertz CT molecular complexity index is 2420. The van der Waals surface area contributed by atoms with E-state index in [1.165, 1.54) is 0 Å². The minimum atomic E-state index is -2.18. The van der Waals surface area contributed by atoms with E-state index in [-0.39, 0.29) is 0 Å². The van der Waals surface area contributed by atoms with Crippen LogP contribution in [0, 0.1) is 0 Å². The standard InChI is InChI=1S/C50H70N2O32/c1-18(53)51-35-41(72-25(8)60)37(31(78-47(35)66)14-67-20(3)55)82-48-36(52-19(2)54)42(73-26(9)61)38(32(79-48)15-68-21(4)56)83-49-46(77-30(13)65)44(75-28(11)63)40(34(81-49)17-70-23(6)58)84-50-45(76-29(12)64)43(74-27(10)62)39(71-24(7)59)33(80-50)16-69-22(5)57/h31-50,66H,14-17H2,1-13H3,(H,51,53)(H,52,54)/t31-,32-,33+,34-,35+,36+,37-,38-,39-,40-,41+,42+,43+,44-,45-,46-,47?,48+,49-,50-/m1/s1. The zero-order valence-electron chi connectivity index (χ0n) is 48.0. The zero-order chi connectivity index (χ0) is 63.0. The third kappa shape index (κ3) is 20.5. The molecule has 4 aliphatic rings. The molecular formula is C50H70N2O32. The summed E-state index contributed by atoms with van der Waals surface area (Å²) in [6.45, 7) is 9.43. The fraction of sp³-hybridized carbons (Fsp3) is 0.740. The first-order chi connectivity index (χ1) is 39.3. The van der Waals surface area contributed by atoms with Gasteiger partial charge in [0, 0.05) is 90.0 Å². The molecule has 3 N–H and O–H groups in total. The average molecular weight is 1210 g/mol. The molecule has 34 heteroatoms. The summed E-state index contributed by atoms with van der Waals surface area (Å²) < 4.78 is 105. The van der Waals surface area contributed by atoms with Crippen LogP contribution in [0.2, 0.25) is 0 Å². The highest BCUT2D eigenvalue weighted by molar-refractivity contribution is 5.74. The molecule has 472 valence electrons.